The largest absolute Gasteiger partial charge is 0.393 e. The van der Waals surface area contributed by atoms with E-state index < -0.39 is 6.10 Å². The topological polar surface area (TPSA) is 95.1 Å². The van der Waals surface area contributed by atoms with Crippen LogP contribution in [0.1, 0.15) is 35.0 Å². The fourth-order valence-corrected chi connectivity index (χ4v) is 3.00. The van der Waals surface area contributed by atoms with Crippen molar-refractivity contribution >= 4 is 27.5 Å². The maximum Gasteiger partial charge on any atom is 0.261 e. The normalized spacial score (nSPS) is 12.6. The Bertz CT molecular complexity index is 677. The Morgan fingerprint density at radius 2 is 2.35 bits per heavy atom. The molecule has 0 aliphatic rings. The number of aromatic amines is 1. The summed E-state index contributed by atoms with van der Waals surface area (Å²) in [6, 6.07) is 0. The van der Waals surface area contributed by atoms with Gasteiger partial charge in [0.2, 0.25) is 0 Å². The molecule has 2 aromatic heterocycles. The lowest BCUT2D eigenvalue weighted by atomic mass is 10.2. The van der Waals surface area contributed by atoms with Gasteiger partial charge in [0, 0.05) is 6.54 Å². The van der Waals surface area contributed by atoms with Gasteiger partial charge in [-0.2, -0.15) is 0 Å². The average molecular weight is 295 g/mol. The van der Waals surface area contributed by atoms with Crippen molar-refractivity contribution in [2.45, 2.75) is 32.8 Å². The summed E-state index contributed by atoms with van der Waals surface area (Å²) in [6.45, 7) is 4.04. The van der Waals surface area contributed by atoms with Crippen LogP contribution in [0.3, 0.4) is 0 Å². The fraction of sp³-hybridized carbons (Fsp3) is 0.462. The molecule has 2 rings (SSSR count). The SMILES string of the molecule is CCC(O)CCNC(=O)c1sc2nc[nH]c(=O)c2c1C. The molecule has 7 heteroatoms. The molecule has 1 unspecified atom stereocenters. The maximum absolute atomic E-state index is 12.1. The number of rotatable bonds is 5. The lowest BCUT2D eigenvalue weighted by molar-refractivity contribution is 0.0945. The summed E-state index contributed by atoms with van der Waals surface area (Å²) in [5.74, 6) is -0.229. The first-order valence-electron chi connectivity index (χ1n) is 6.47. The van der Waals surface area contributed by atoms with Gasteiger partial charge in [0.25, 0.3) is 11.5 Å². The van der Waals surface area contributed by atoms with Crippen molar-refractivity contribution in [3.8, 4) is 0 Å². The number of H-pyrrole nitrogens is 1. The number of nitrogens with zero attached hydrogens (tertiary/aromatic N) is 1. The van der Waals surface area contributed by atoms with Crippen LogP contribution < -0.4 is 10.9 Å². The minimum Gasteiger partial charge on any atom is -0.393 e. The highest BCUT2D eigenvalue weighted by atomic mass is 32.1. The Kier molecular flexibility index (Phi) is 4.51. The Labute approximate surface area is 119 Å². The number of aliphatic hydroxyl groups is 1. The molecular formula is C13H17N3O3S. The molecule has 0 aliphatic heterocycles. The Morgan fingerprint density at radius 3 is 3.00 bits per heavy atom. The number of amides is 1. The summed E-state index contributed by atoms with van der Waals surface area (Å²) in [5.41, 5.74) is 0.414. The number of nitrogens with one attached hydrogen (secondary N) is 2. The van der Waals surface area contributed by atoms with E-state index in [1.54, 1.807) is 6.92 Å². The Morgan fingerprint density at radius 1 is 1.60 bits per heavy atom. The quantitative estimate of drug-likeness (QED) is 0.772. The van der Waals surface area contributed by atoms with Gasteiger partial charge in [-0.25, -0.2) is 4.98 Å². The second-order valence-electron chi connectivity index (χ2n) is 4.57. The molecule has 0 spiro atoms. The highest BCUT2D eigenvalue weighted by Crippen LogP contribution is 2.26. The Balaban J connectivity index is 2.17. The van der Waals surface area contributed by atoms with Gasteiger partial charge < -0.3 is 15.4 Å². The number of aryl methyl sites for hydroxylation is 1. The number of fused-ring (bicyclic) bond motifs is 1. The third-order valence-corrected chi connectivity index (χ3v) is 4.37. The van der Waals surface area contributed by atoms with Crippen LogP contribution in [0.5, 0.6) is 0 Å². The van der Waals surface area contributed by atoms with Gasteiger partial charge in [-0.15, -0.1) is 11.3 Å². The number of thiophene rings is 1. The first kappa shape index (κ1) is 14.7. The van der Waals surface area contributed by atoms with Gasteiger partial charge in [-0.3, -0.25) is 9.59 Å². The van der Waals surface area contributed by atoms with E-state index in [1.165, 1.54) is 17.7 Å². The van der Waals surface area contributed by atoms with Crippen molar-refractivity contribution in [3.63, 3.8) is 0 Å². The van der Waals surface area contributed by atoms with Crippen LogP contribution in [0.15, 0.2) is 11.1 Å². The summed E-state index contributed by atoms with van der Waals surface area (Å²) in [4.78, 5) is 31.5. The van der Waals surface area contributed by atoms with Crippen molar-refractivity contribution in [3.05, 3.63) is 27.1 Å². The molecule has 0 aliphatic carbocycles. The maximum atomic E-state index is 12.1. The van der Waals surface area contributed by atoms with Crippen LogP contribution in [0, 0.1) is 6.92 Å². The minimum absolute atomic E-state index is 0.229. The molecule has 0 fully saturated rings. The van der Waals surface area contributed by atoms with Crippen molar-refractivity contribution in [1.29, 1.82) is 0 Å². The van der Waals surface area contributed by atoms with Gasteiger partial charge in [0.15, 0.2) is 0 Å². The average Bonchev–Trinajstić information content (AvgIpc) is 2.77. The lowest BCUT2D eigenvalue weighted by Crippen LogP contribution is -2.26. The molecule has 108 valence electrons. The van der Waals surface area contributed by atoms with E-state index in [0.29, 0.717) is 40.0 Å². The number of carbonyl (C=O) groups excluding carboxylic acids is 1. The van der Waals surface area contributed by atoms with Gasteiger partial charge in [-0.1, -0.05) is 6.92 Å². The second kappa shape index (κ2) is 6.15. The standard InChI is InChI=1S/C13H17N3O3S/c1-3-8(17)4-5-14-12(19)10-7(2)9-11(18)15-6-16-13(9)20-10/h6,8,17H,3-5H2,1-2H3,(H,14,19)(H,15,16,18). The molecule has 1 amide bonds. The molecular weight excluding hydrogens is 278 g/mol. The van der Waals surface area contributed by atoms with Crippen LogP contribution in [-0.4, -0.2) is 33.6 Å². The molecule has 0 bridgehead atoms. The Hall–Kier alpha value is -1.73. The van der Waals surface area contributed by atoms with Crippen molar-refractivity contribution in [2.24, 2.45) is 0 Å². The second-order valence-corrected chi connectivity index (χ2v) is 5.57. The number of aromatic nitrogens is 2. The monoisotopic (exact) mass is 295 g/mol. The molecule has 6 nitrogen and oxygen atoms in total. The zero-order chi connectivity index (χ0) is 14.7. The number of carbonyl (C=O) groups is 1. The van der Waals surface area contributed by atoms with E-state index in [0.717, 1.165) is 0 Å². The third-order valence-electron chi connectivity index (χ3n) is 3.17. The van der Waals surface area contributed by atoms with E-state index in [2.05, 4.69) is 15.3 Å². The van der Waals surface area contributed by atoms with Gasteiger partial charge in [-0.05, 0) is 25.3 Å². The van der Waals surface area contributed by atoms with E-state index in [4.69, 9.17) is 0 Å². The molecule has 3 N–H and O–H groups in total. The molecule has 0 saturated heterocycles. The third kappa shape index (κ3) is 2.88. The van der Waals surface area contributed by atoms with Crippen molar-refractivity contribution < 1.29 is 9.90 Å². The smallest absolute Gasteiger partial charge is 0.261 e. The predicted molar refractivity (Wildman–Crippen MR) is 78.2 cm³/mol. The van der Waals surface area contributed by atoms with Crippen molar-refractivity contribution in [1.82, 2.24) is 15.3 Å². The first-order valence-corrected chi connectivity index (χ1v) is 7.29. The van der Waals surface area contributed by atoms with Crippen LogP contribution >= 0.6 is 11.3 Å². The zero-order valence-corrected chi connectivity index (χ0v) is 12.2. The zero-order valence-electron chi connectivity index (χ0n) is 11.4. The summed E-state index contributed by atoms with van der Waals surface area (Å²) in [6.07, 6.45) is 2.12. The van der Waals surface area contributed by atoms with Crippen molar-refractivity contribution in [2.75, 3.05) is 6.54 Å². The molecule has 2 heterocycles. The number of aliphatic hydroxyl groups excluding tert-OH is 1. The summed E-state index contributed by atoms with van der Waals surface area (Å²) in [5, 5.41) is 12.7. The minimum atomic E-state index is -0.400. The van der Waals surface area contributed by atoms with Gasteiger partial charge in [0.1, 0.15) is 4.83 Å². The molecule has 2 aromatic rings. The number of hydrogen-bond donors (Lipinski definition) is 3. The van der Waals surface area contributed by atoms with E-state index in [-0.39, 0.29) is 11.5 Å². The summed E-state index contributed by atoms with van der Waals surface area (Å²) < 4.78 is 0. The predicted octanol–water partition coefficient (Wildman–Crippen LogP) is 1.18. The van der Waals surface area contributed by atoms with Gasteiger partial charge in [0.05, 0.1) is 22.7 Å². The fourth-order valence-electron chi connectivity index (χ4n) is 1.93. The van der Waals surface area contributed by atoms with E-state index in [1.807, 2.05) is 6.92 Å². The highest BCUT2D eigenvalue weighted by molar-refractivity contribution is 7.20. The van der Waals surface area contributed by atoms with Crippen LogP contribution in [0.2, 0.25) is 0 Å². The van der Waals surface area contributed by atoms with Gasteiger partial charge >= 0.3 is 0 Å². The molecule has 0 saturated carbocycles. The first-order chi connectivity index (χ1) is 9.54. The highest BCUT2D eigenvalue weighted by Gasteiger charge is 2.18. The van der Waals surface area contributed by atoms with Crippen LogP contribution in [0.4, 0.5) is 0 Å². The van der Waals surface area contributed by atoms with Crippen LogP contribution in [-0.2, 0) is 0 Å². The summed E-state index contributed by atoms with van der Waals surface area (Å²) in [7, 11) is 0. The van der Waals surface area contributed by atoms with Crippen LogP contribution in [0.25, 0.3) is 10.2 Å². The molecule has 0 aromatic carbocycles. The molecule has 1 atom stereocenters. The van der Waals surface area contributed by atoms with E-state index >= 15 is 0 Å². The summed E-state index contributed by atoms with van der Waals surface area (Å²) >= 11 is 1.21. The number of hydrogen-bond acceptors (Lipinski definition) is 5. The lowest BCUT2D eigenvalue weighted by Gasteiger charge is -2.08. The molecule has 0 radical (unpaired) electrons. The molecule has 20 heavy (non-hydrogen) atoms. The van der Waals surface area contributed by atoms with E-state index in [9.17, 15) is 14.7 Å².